The fraction of sp³-hybridized carbons (Fsp3) is 0.250. The average molecular weight is 355 g/mol. The van der Waals surface area contributed by atoms with Crippen LogP contribution in [0.1, 0.15) is 24.2 Å². The molecule has 1 atom stereocenters. The van der Waals surface area contributed by atoms with Crippen LogP contribution in [-0.2, 0) is 6.54 Å². The second-order valence-corrected chi connectivity index (χ2v) is 6.22. The van der Waals surface area contributed by atoms with Crippen molar-refractivity contribution in [1.29, 1.82) is 0 Å². The van der Waals surface area contributed by atoms with Crippen LogP contribution in [0.25, 0.3) is 0 Å². The number of anilines is 1. The highest BCUT2D eigenvalue weighted by Gasteiger charge is 2.12. The summed E-state index contributed by atoms with van der Waals surface area (Å²) in [4.78, 5) is 2.11. The molecule has 0 bridgehead atoms. The molecular formula is C16H17BrClNO. The number of hydrogen-bond donors (Lipinski definition) is 1. The largest absolute Gasteiger partial charge is 0.389 e. The molecule has 0 radical (unpaired) electrons. The Hall–Kier alpha value is -1.03. The summed E-state index contributed by atoms with van der Waals surface area (Å²) in [6.45, 7) is 2.51. The maximum atomic E-state index is 9.89. The number of aliphatic hydroxyl groups excluding tert-OH is 1. The summed E-state index contributed by atoms with van der Waals surface area (Å²) < 4.78 is 0.995. The fourth-order valence-corrected chi connectivity index (χ4v) is 2.76. The second kappa shape index (κ2) is 6.61. The zero-order valence-corrected chi connectivity index (χ0v) is 13.8. The summed E-state index contributed by atoms with van der Waals surface area (Å²) >= 11 is 9.50. The van der Waals surface area contributed by atoms with Crippen molar-refractivity contribution in [3.05, 3.63) is 63.1 Å². The lowest BCUT2D eigenvalue weighted by atomic mass is 10.1. The summed E-state index contributed by atoms with van der Waals surface area (Å²) in [5.74, 6) is 0. The molecule has 4 heteroatoms. The molecule has 0 aliphatic heterocycles. The molecule has 0 fully saturated rings. The maximum absolute atomic E-state index is 9.89. The number of benzene rings is 2. The average Bonchev–Trinajstić information content (AvgIpc) is 2.38. The van der Waals surface area contributed by atoms with Crippen molar-refractivity contribution in [3.8, 4) is 0 Å². The molecule has 0 saturated carbocycles. The normalized spacial score (nSPS) is 12.2. The molecule has 1 unspecified atom stereocenters. The number of hydrogen-bond acceptors (Lipinski definition) is 2. The minimum Gasteiger partial charge on any atom is -0.389 e. The standard InChI is InChI=1S/C16H17BrClNO/c1-11(20)15-7-6-13(17)9-16(15)19(2)10-12-4-3-5-14(18)8-12/h3-9,11,20H,10H2,1-2H3. The quantitative estimate of drug-likeness (QED) is 0.853. The molecule has 20 heavy (non-hydrogen) atoms. The molecule has 0 aromatic heterocycles. The van der Waals surface area contributed by atoms with E-state index in [-0.39, 0.29) is 0 Å². The Kier molecular flexibility index (Phi) is 5.08. The third kappa shape index (κ3) is 3.75. The van der Waals surface area contributed by atoms with Gasteiger partial charge in [-0.05, 0) is 36.8 Å². The smallest absolute Gasteiger partial charge is 0.0782 e. The highest BCUT2D eigenvalue weighted by atomic mass is 79.9. The molecule has 0 aliphatic carbocycles. The first-order chi connectivity index (χ1) is 9.47. The summed E-state index contributed by atoms with van der Waals surface area (Å²) in [5, 5.41) is 10.6. The van der Waals surface area contributed by atoms with E-state index in [1.54, 1.807) is 6.92 Å². The van der Waals surface area contributed by atoms with Gasteiger partial charge in [0.1, 0.15) is 0 Å². The summed E-state index contributed by atoms with van der Waals surface area (Å²) in [5.41, 5.74) is 3.06. The van der Waals surface area contributed by atoms with E-state index in [1.165, 1.54) is 0 Å². The van der Waals surface area contributed by atoms with E-state index in [4.69, 9.17) is 11.6 Å². The SMILES string of the molecule is CC(O)c1ccc(Br)cc1N(C)Cc1cccc(Cl)c1. The predicted octanol–water partition coefficient (Wildman–Crippen LogP) is 4.79. The van der Waals surface area contributed by atoms with Crippen molar-refractivity contribution in [2.24, 2.45) is 0 Å². The molecular weight excluding hydrogens is 338 g/mol. The van der Waals surface area contributed by atoms with Crippen molar-refractivity contribution < 1.29 is 5.11 Å². The van der Waals surface area contributed by atoms with Gasteiger partial charge in [-0.15, -0.1) is 0 Å². The van der Waals surface area contributed by atoms with Crippen molar-refractivity contribution in [2.45, 2.75) is 19.6 Å². The van der Waals surface area contributed by atoms with Gasteiger partial charge < -0.3 is 10.0 Å². The predicted molar refractivity (Wildman–Crippen MR) is 88.3 cm³/mol. The van der Waals surface area contributed by atoms with Gasteiger partial charge in [-0.2, -0.15) is 0 Å². The van der Waals surface area contributed by atoms with Crippen molar-refractivity contribution in [2.75, 3.05) is 11.9 Å². The van der Waals surface area contributed by atoms with Crippen LogP contribution in [-0.4, -0.2) is 12.2 Å². The van der Waals surface area contributed by atoms with Gasteiger partial charge in [0.15, 0.2) is 0 Å². The molecule has 2 aromatic rings. The zero-order chi connectivity index (χ0) is 14.7. The van der Waals surface area contributed by atoms with Gasteiger partial charge in [-0.3, -0.25) is 0 Å². The van der Waals surface area contributed by atoms with E-state index in [2.05, 4.69) is 20.8 Å². The third-order valence-corrected chi connectivity index (χ3v) is 3.89. The first-order valence-electron chi connectivity index (χ1n) is 6.40. The van der Waals surface area contributed by atoms with Crippen LogP contribution in [0.4, 0.5) is 5.69 Å². The van der Waals surface area contributed by atoms with Gasteiger partial charge in [0.05, 0.1) is 6.10 Å². The first kappa shape index (κ1) is 15.4. The van der Waals surface area contributed by atoms with Crippen molar-refractivity contribution in [3.63, 3.8) is 0 Å². The Balaban J connectivity index is 2.28. The van der Waals surface area contributed by atoms with E-state index in [9.17, 15) is 5.11 Å². The summed E-state index contributed by atoms with van der Waals surface area (Å²) in [6, 6.07) is 13.7. The van der Waals surface area contributed by atoms with Crippen molar-refractivity contribution in [1.82, 2.24) is 0 Å². The van der Waals surface area contributed by atoms with Crippen LogP contribution >= 0.6 is 27.5 Å². The first-order valence-corrected chi connectivity index (χ1v) is 7.57. The lowest BCUT2D eigenvalue weighted by molar-refractivity contribution is 0.199. The summed E-state index contributed by atoms with van der Waals surface area (Å²) in [6.07, 6.45) is -0.500. The van der Waals surface area contributed by atoms with E-state index in [0.29, 0.717) is 0 Å². The van der Waals surface area contributed by atoms with E-state index < -0.39 is 6.10 Å². The monoisotopic (exact) mass is 353 g/mol. The molecule has 0 spiro atoms. The molecule has 0 aliphatic rings. The van der Waals surface area contributed by atoms with Crippen molar-refractivity contribution >= 4 is 33.2 Å². The molecule has 2 nitrogen and oxygen atoms in total. The van der Waals surface area contributed by atoms with E-state index in [1.807, 2.05) is 49.5 Å². The van der Waals surface area contributed by atoms with Crippen LogP contribution in [0.5, 0.6) is 0 Å². The Morgan fingerprint density at radius 2 is 2.00 bits per heavy atom. The zero-order valence-electron chi connectivity index (χ0n) is 11.5. The van der Waals surface area contributed by atoms with Gasteiger partial charge in [0.2, 0.25) is 0 Å². The maximum Gasteiger partial charge on any atom is 0.0782 e. The Bertz CT molecular complexity index is 601. The Morgan fingerprint density at radius 3 is 2.65 bits per heavy atom. The lowest BCUT2D eigenvalue weighted by Crippen LogP contribution is -2.18. The highest BCUT2D eigenvalue weighted by Crippen LogP contribution is 2.30. The number of halogens is 2. The van der Waals surface area contributed by atoms with Gasteiger partial charge >= 0.3 is 0 Å². The topological polar surface area (TPSA) is 23.5 Å². The van der Waals surface area contributed by atoms with Gasteiger partial charge in [-0.25, -0.2) is 0 Å². The number of aliphatic hydroxyl groups is 1. The van der Waals surface area contributed by atoms with Gasteiger partial charge in [-0.1, -0.05) is 45.7 Å². The van der Waals surface area contributed by atoms with Crippen LogP contribution in [0.2, 0.25) is 5.02 Å². The van der Waals surface area contributed by atoms with Gasteiger partial charge in [0, 0.05) is 34.3 Å². The summed E-state index contributed by atoms with van der Waals surface area (Å²) in [7, 11) is 2.01. The minimum absolute atomic E-state index is 0.500. The Labute approximate surface area is 133 Å². The molecule has 1 N–H and O–H groups in total. The third-order valence-electron chi connectivity index (χ3n) is 3.16. The van der Waals surface area contributed by atoms with Crippen LogP contribution in [0.3, 0.4) is 0 Å². The highest BCUT2D eigenvalue weighted by molar-refractivity contribution is 9.10. The molecule has 2 rings (SSSR count). The van der Waals surface area contributed by atoms with Crippen LogP contribution < -0.4 is 4.90 Å². The molecule has 0 heterocycles. The minimum atomic E-state index is -0.500. The van der Waals surface area contributed by atoms with E-state index in [0.717, 1.165) is 32.9 Å². The van der Waals surface area contributed by atoms with Crippen LogP contribution in [0.15, 0.2) is 46.9 Å². The molecule has 0 amide bonds. The molecule has 0 saturated heterocycles. The lowest BCUT2D eigenvalue weighted by Gasteiger charge is -2.24. The number of nitrogens with zero attached hydrogens (tertiary/aromatic N) is 1. The van der Waals surface area contributed by atoms with E-state index >= 15 is 0 Å². The van der Waals surface area contributed by atoms with Crippen LogP contribution in [0, 0.1) is 0 Å². The molecule has 2 aromatic carbocycles. The Morgan fingerprint density at radius 1 is 1.25 bits per heavy atom. The second-order valence-electron chi connectivity index (χ2n) is 4.87. The molecule has 106 valence electrons. The van der Waals surface area contributed by atoms with Gasteiger partial charge in [0.25, 0.3) is 0 Å². The number of rotatable bonds is 4. The fourth-order valence-electron chi connectivity index (χ4n) is 2.20.